The summed E-state index contributed by atoms with van der Waals surface area (Å²) in [4.78, 5) is 20.2. The Kier molecular flexibility index (Phi) is 4.22. The van der Waals surface area contributed by atoms with E-state index in [4.69, 9.17) is 0 Å². The van der Waals surface area contributed by atoms with E-state index in [2.05, 4.69) is 23.2 Å². The lowest BCUT2D eigenvalue weighted by Crippen LogP contribution is -2.36. The summed E-state index contributed by atoms with van der Waals surface area (Å²) in [5.41, 5.74) is 3.32. The molecule has 0 fully saturated rings. The van der Waals surface area contributed by atoms with Gasteiger partial charge in [-0.05, 0) is 36.6 Å². The number of hydrogen-bond donors (Lipinski definition) is 0. The molecule has 1 aliphatic rings. The highest BCUT2D eigenvalue weighted by molar-refractivity contribution is 8.00. The van der Waals surface area contributed by atoms with Gasteiger partial charge < -0.3 is 4.90 Å². The Bertz CT molecular complexity index is 888. The molecular weight excluding hydrogens is 316 g/mol. The maximum Gasteiger partial charge on any atom is 0.237 e. The highest BCUT2D eigenvalue weighted by Crippen LogP contribution is 2.30. The topological polar surface area (TPSA) is 33.2 Å². The molecule has 2 aromatic carbocycles. The largest absolute Gasteiger partial charge is 0.311 e. The number of nitrogens with zero attached hydrogens (tertiary/aromatic N) is 2. The predicted molar refractivity (Wildman–Crippen MR) is 99.6 cm³/mol. The molecule has 0 atom stereocenters. The summed E-state index contributed by atoms with van der Waals surface area (Å²) in [6.45, 7) is 0.813. The Balaban J connectivity index is 1.53. The summed E-state index contributed by atoms with van der Waals surface area (Å²) in [7, 11) is 0. The van der Waals surface area contributed by atoms with Gasteiger partial charge in [-0.25, -0.2) is 0 Å². The van der Waals surface area contributed by atoms with E-state index in [-0.39, 0.29) is 5.91 Å². The molecule has 24 heavy (non-hydrogen) atoms. The van der Waals surface area contributed by atoms with Gasteiger partial charge >= 0.3 is 0 Å². The van der Waals surface area contributed by atoms with Crippen LogP contribution in [0.5, 0.6) is 0 Å². The number of thioether (sulfide) groups is 1. The number of amides is 1. The molecule has 1 amide bonds. The lowest BCUT2D eigenvalue weighted by atomic mass is 10.0. The number of para-hydroxylation sites is 2. The van der Waals surface area contributed by atoms with Crippen molar-refractivity contribution >= 4 is 34.3 Å². The van der Waals surface area contributed by atoms with Gasteiger partial charge in [0.15, 0.2) is 0 Å². The van der Waals surface area contributed by atoms with Crippen LogP contribution in [-0.4, -0.2) is 23.2 Å². The molecule has 0 saturated carbocycles. The van der Waals surface area contributed by atoms with Crippen LogP contribution in [0.1, 0.15) is 12.0 Å². The molecule has 0 N–H and O–H groups in total. The zero-order valence-electron chi connectivity index (χ0n) is 13.3. The molecule has 0 radical (unpaired) electrons. The normalized spacial score (nSPS) is 13.8. The fraction of sp³-hybridized carbons (Fsp3) is 0.200. The Hall–Kier alpha value is -2.33. The maximum atomic E-state index is 12.8. The van der Waals surface area contributed by atoms with Crippen molar-refractivity contribution in [1.29, 1.82) is 0 Å². The van der Waals surface area contributed by atoms with Crippen LogP contribution < -0.4 is 4.90 Å². The van der Waals surface area contributed by atoms with Crippen molar-refractivity contribution in [2.75, 3.05) is 17.2 Å². The van der Waals surface area contributed by atoms with E-state index in [0.717, 1.165) is 40.9 Å². The molecule has 3 nitrogen and oxygen atoms in total. The molecule has 4 heteroatoms. The van der Waals surface area contributed by atoms with Crippen LogP contribution in [0.3, 0.4) is 0 Å². The molecule has 0 bridgehead atoms. The van der Waals surface area contributed by atoms with Crippen molar-refractivity contribution in [2.45, 2.75) is 17.7 Å². The average molecular weight is 334 g/mol. The second kappa shape index (κ2) is 6.65. The Morgan fingerprint density at radius 1 is 1.08 bits per heavy atom. The zero-order chi connectivity index (χ0) is 16.4. The summed E-state index contributed by atoms with van der Waals surface area (Å²) < 4.78 is 0. The number of aromatic nitrogens is 1. The van der Waals surface area contributed by atoms with Crippen molar-refractivity contribution in [3.63, 3.8) is 0 Å². The predicted octanol–water partition coefficient (Wildman–Crippen LogP) is 4.31. The number of carbonyl (C=O) groups is 1. The summed E-state index contributed by atoms with van der Waals surface area (Å²) in [6.07, 6.45) is 3.90. The van der Waals surface area contributed by atoms with Gasteiger partial charge in [0, 0.05) is 28.7 Å². The van der Waals surface area contributed by atoms with Gasteiger partial charge in [-0.2, -0.15) is 0 Å². The summed E-state index contributed by atoms with van der Waals surface area (Å²) in [5.74, 6) is 0.621. The SMILES string of the molecule is O=C(CSc1ccnc2ccccc12)N1CCCc2ccccc21. The lowest BCUT2D eigenvalue weighted by Gasteiger charge is -2.29. The van der Waals surface area contributed by atoms with Crippen molar-refractivity contribution in [3.8, 4) is 0 Å². The van der Waals surface area contributed by atoms with Gasteiger partial charge in [0.05, 0.1) is 11.3 Å². The average Bonchev–Trinajstić information content (AvgIpc) is 2.65. The number of rotatable bonds is 3. The van der Waals surface area contributed by atoms with Gasteiger partial charge in [0.2, 0.25) is 5.91 Å². The van der Waals surface area contributed by atoms with Crippen molar-refractivity contribution in [3.05, 3.63) is 66.4 Å². The van der Waals surface area contributed by atoms with Crippen LogP contribution in [0.25, 0.3) is 10.9 Å². The number of aryl methyl sites for hydroxylation is 1. The van der Waals surface area contributed by atoms with E-state index in [9.17, 15) is 4.79 Å². The highest BCUT2D eigenvalue weighted by atomic mass is 32.2. The standard InChI is InChI=1S/C20H18N2OS/c23-20(22-13-5-7-15-6-1-4-10-18(15)22)14-24-19-11-12-21-17-9-3-2-8-16(17)19/h1-4,6,8-12H,5,7,13-14H2. The van der Waals surface area contributed by atoms with E-state index in [1.165, 1.54) is 5.56 Å². The van der Waals surface area contributed by atoms with Gasteiger partial charge in [-0.15, -0.1) is 11.8 Å². The maximum absolute atomic E-state index is 12.8. The summed E-state index contributed by atoms with van der Waals surface area (Å²) in [5, 5.41) is 1.11. The number of pyridine rings is 1. The highest BCUT2D eigenvalue weighted by Gasteiger charge is 2.22. The van der Waals surface area contributed by atoms with Gasteiger partial charge in [-0.1, -0.05) is 36.4 Å². The molecule has 0 aliphatic carbocycles. The number of fused-ring (bicyclic) bond motifs is 2. The minimum atomic E-state index is 0.174. The lowest BCUT2D eigenvalue weighted by molar-refractivity contribution is -0.116. The van der Waals surface area contributed by atoms with Crippen molar-refractivity contribution in [2.24, 2.45) is 0 Å². The first-order chi connectivity index (χ1) is 11.8. The second-order valence-corrected chi connectivity index (χ2v) is 6.91. The minimum absolute atomic E-state index is 0.174. The number of anilines is 1. The quantitative estimate of drug-likeness (QED) is 0.669. The molecule has 1 aliphatic heterocycles. The van der Waals surface area contributed by atoms with E-state index < -0.39 is 0 Å². The zero-order valence-corrected chi connectivity index (χ0v) is 14.1. The first kappa shape index (κ1) is 15.2. The fourth-order valence-electron chi connectivity index (χ4n) is 3.21. The molecule has 2 heterocycles. The molecule has 0 unspecified atom stereocenters. The molecule has 3 aromatic rings. The Morgan fingerprint density at radius 3 is 2.88 bits per heavy atom. The van der Waals surface area contributed by atoms with E-state index >= 15 is 0 Å². The number of benzene rings is 2. The number of hydrogen-bond acceptors (Lipinski definition) is 3. The Labute approximate surface area is 145 Å². The van der Waals surface area contributed by atoms with Crippen molar-refractivity contribution in [1.82, 2.24) is 4.98 Å². The van der Waals surface area contributed by atoms with E-state index in [0.29, 0.717) is 5.75 Å². The van der Waals surface area contributed by atoms with Gasteiger partial charge in [0.1, 0.15) is 0 Å². The number of carbonyl (C=O) groups excluding carboxylic acids is 1. The third kappa shape index (κ3) is 2.89. The van der Waals surface area contributed by atoms with Crippen LogP contribution in [-0.2, 0) is 11.2 Å². The first-order valence-corrected chi connectivity index (χ1v) is 9.16. The van der Waals surface area contributed by atoms with Gasteiger partial charge in [-0.3, -0.25) is 9.78 Å². The van der Waals surface area contributed by atoms with Crippen LogP contribution in [0.15, 0.2) is 65.7 Å². The molecule has 1 aromatic heterocycles. The molecule has 120 valence electrons. The Morgan fingerprint density at radius 2 is 1.92 bits per heavy atom. The molecule has 0 saturated heterocycles. The van der Waals surface area contributed by atoms with E-state index in [1.807, 2.05) is 47.5 Å². The second-order valence-electron chi connectivity index (χ2n) is 5.89. The van der Waals surface area contributed by atoms with Crippen LogP contribution in [0.4, 0.5) is 5.69 Å². The van der Waals surface area contributed by atoms with Gasteiger partial charge in [0.25, 0.3) is 0 Å². The first-order valence-electron chi connectivity index (χ1n) is 8.18. The fourth-order valence-corrected chi connectivity index (χ4v) is 4.13. The van der Waals surface area contributed by atoms with Crippen molar-refractivity contribution < 1.29 is 4.79 Å². The molecule has 4 rings (SSSR count). The molecular formula is C20H18N2OS. The van der Waals surface area contributed by atoms with Crippen LogP contribution in [0, 0.1) is 0 Å². The molecule has 0 spiro atoms. The van der Waals surface area contributed by atoms with Crippen LogP contribution >= 0.6 is 11.8 Å². The third-order valence-corrected chi connectivity index (χ3v) is 5.43. The smallest absolute Gasteiger partial charge is 0.237 e. The summed E-state index contributed by atoms with van der Waals surface area (Å²) in [6, 6.07) is 18.3. The van der Waals surface area contributed by atoms with E-state index in [1.54, 1.807) is 11.8 Å². The summed E-state index contributed by atoms with van der Waals surface area (Å²) >= 11 is 1.60. The minimum Gasteiger partial charge on any atom is -0.311 e. The monoisotopic (exact) mass is 334 g/mol. The third-order valence-electron chi connectivity index (χ3n) is 4.37. The van der Waals surface area contributed by atoms with Crippen LogP contribution in [0.2, 0.25) is 0 Å².